The first-order valence-corrected chi connectivity index (χ1v) is 12.6. The molecule has 2 aliphatic rings. The van der Waals surface area contributed by atoms with Gasteiger partial charge >= 0.3 is 5.97 Å². The molecule has 2 heterocycles. The molecule has 0 radical (unpaired) electrons. The predicted molar refractivity (Wildman–Crippen MR) is 139 cm³/mol. The lowest BCUT2D eigenvalue weighted by Gasteiger charge is -2.38. The van der Waals surface area contributed by atoms with Crippen molar-refractivity contribution in [2.45, 2.75) is 50.5 Å². The number of carboxylic acid groups (broad SMARTS) is 1. The SMILES string of the molecule is CCN1CCCC1CNc1cc(-c2ccccc2)nc(Nc2ccc(C3(C(=O)O)CCC3)cc2)n1. The van der Waals surface area contributed by atoms with Crippen molar-refractivity contribution >= 4 is 23.4 Å². The summed E-state index contributed by atoms with van der Waals surface area (Å²) in [7, 11) is 0. The molecular formula is C28H33N5O2. The molecule has 1 aliphatic heterocycles. The van der Waals surface area contributed by atoms with E-state index in [2.05, 4.69) is 22.5 Å². The molecule has 7 nitrogen and oxygen atoms in total. The van der Waals surface area contributed by atoms with E-state index < -0.39 is 11.4 Å². The fourth-order valence-corrected chi connectivity index (χ4v) is 5.27. The second kappa shape index (κ2) is 10.0. The molecule has 5 rings (SSSR count). The summed E-state index contributed by atoms with van der Waals surface area (Å²) in [5.74, 6) is 0.570. The first kappa shape index (κ1) is 23.3. The summed E-state index contributed by atoms with van der Waals surface area (Å²) in [6.45, 7) is 5.29. The highest BCUT2D eigenvalue weighted by molar-refractivity contribution is 5.82. The van der Waals surface area contributed by atoms with Crippen molar-refractivity contribution in [3.8, 4) is 11.3 Å². The van der Waals surface area contributed by atoms with Crippen LogP contribution < -0.4 is 10.6 Å². The molecule has 1 aliphatic carbocycles. The summed E-state index contributed by atoms with van der Waals surface area (Å²) < 4.78 is 0. The molecule has 3 N–H and O–H groups in total. The zero-order valence-electron chi connectivity index (χ0n) is 20.2. The van der Waals surface area contributed by atoms with Gasteiger partial charge in [-0.3, -0.25) is 9.69 Å². The second-order valence-corrected chi connectivity index (χ2v) is 9.58. The van der Waals surface area contributed by atoms with Crippen LogP contribution in [-0.2, 0) is 10.2 Å². The van der Waals surface area contributed by atoms with Crippen LogP contribution in [0.25, 0.3) is 11.3 Å². The highest BCUT2D eigenvalue weighted by Gasteiger charge is 2.45. The maximum absolute atomic E-state index is 11.8. The predicted octanol–water partition coefficient (Wildman–Crippen LogP) is 5.29. The number of hydrogen-bond donors (Lipinski definition) is 3. The number of aliphatic carboxylic acids is 1. The van der Waals surface area contributed by atoms with E-state index in [0.29, 0.717) is 24.8 Å². The third kappa shape index (κ3) is 4.86. The molecule has 0 spiro atoms. The average molecular weight is 472 g/mol. The Balaban J connectivity index is 1.37. The van der Waals surface area contributed by atoms with Gasteiger partial charge in [0.15, 0.2) is 0 Å². The number of likely N-dealkylation sites (N-methyl/N-ethyl adjacent to an activating group) is 1. The number of carbonyl (C=O) groups is 1. The van der Waals surface area contributed by atoms with E-state index in [9.17, 15) is 9.90 Å². The Hall–Kier alpha value is -3.45. The van der Waals surface area contributed by atoms with E-state index in [1.54, 1.807) is 0 Å². The van der Waals surface area contributed by atoms with E-state index in [1.807, 2.05) is 60.7 Å². The van der Waals surface area contributed by atoms with Crippen LogP contribution in [0.15, 0.2) is 60.7 Å². The summed E-state index contributed by atoms with van der Waals surface area (Å²) in [4.78, 5) is 23.9. The molecule has 7 heteroatoms. The fraction of sp³-hybridized carbons (Fsp3) is 0.393. The average Bonchev–Trinajstić information content (AvgIpc) is 3.31. The number of nitrogens with one attached hydrogen (secondary N) is 2. The molecule has 1 saturated heterocycles. The number of hydrogen-bond acceptors (Lipinski definition) is 6. The van der Waals surface area contributed by atoms with Gasteiger partial charge in [0.05, 0.1) is 11.1 Å². The Labute approximate surface area is 206 Å². The number of benzene rings is 2. The summed E-state index contributed by atoms with van der Waals surface area (Å²) in [5.41, 5.74) is 2.84. The Morgan fingerprint density at radius 2 is 1.86 bits per heavy atom. The van der Waals surface area contributed by atoms with Crippen LogP contribution in [0.1, 0.15) is 44.6 Å². The van der Waals surface area contributed by atoms with Crippen molar-refractivity contribution in [2.24, 2.45) is 0 Å². The number of carboxylic acids is 1. The van der Waals surface area contributed by atoms with Gasteiger partial charge in [0, 0.05) is 29.9 Å². The minimum Gasteiger partial charge on any atom is -0.481 e. The van der Waals surface area contributed by atoms with Gasteiger partial charge in [0.1, 0.15) is 5.82 Å². The van der Waals surface area contributed by atoms with Crippen LogP contribution in [0.3, 0.4) is 0 Å². The molecule has 35 heavy (non-hydrogen) atoms. The van der Waals surface area contributed by atoms with Gasteiger partial charge in [-0.1, -0.05) is 55.8 Å². The van der Waals surface area contributed by atoms with Gasteiger partial charge in [-0.2, -0.15) is 4.98 Å². The molecule has 2 aromatic carbocycles. The Morgan fingerprint density at radius 3 is 2.51 bits per heavy atom. The van der Waals surface area contributed by atoms with Gasteiger partial charge in [-0.15, -0.1) is 0 Å². The van der Waals surface area contributed by atoms with E-state index in [4.69, 9.17) is 9.97 Å². The normalized spacial score (nSPS) is 19.2. The maximum atomic E-state index is 11.8. The summed E-state index contributed by atoms with van der Waals surface area (Å²) >= 11 is 0. The van der Waals surface area contributed by atoms with Gasteiger partial charge in [0.25, 0.3) is 0 Å². The van der Waals surface area contributed by atoms with Gasteiger partial charge in [-0.05, 0) is 56.5 Å². The monoisotopic (exact) mass is 471 g/mol. The number of nitrogens with zero attached hydrogens (tertiary/aromatic N) is 3. The Bertz CT molecular complexity index is 1160. The molecule has 0 bridgehead atoms. The minimum atomic E-state index is -0.733. The van der Waals surface area contributed by atoms with E-state index in [-0.39, 0.29) is 0 Å². The Kier molecular flexibility index (Phi) is 6.68. The zero-order valence-corrected chi connectivity index (χ0v) is 20.2. The summed E-state index contributed by atoms with van der Waals surface area (Å²) in [6.07, 6.45) is 4.79. The van der Waals surface area contributed by atoms with Crippen molar-refractivity contribution in [2.75, 3.05) is 30.3 Å². The first-order valence-electron chi connectivity index (χ1n) is 12.6. The first-order chi connectivity index (χ1) is 17.1. The van der Waals surface area contributed by atoms with Gasteiger partial charge in [0.2, 0.25) is 5.95 Å². The Morgan fingerprint density at radius 1 is 1.09 bits per heavy atom. The molecule has 1 unspecified atom stereocenters. The quantitative estimate of drug-likeness (QED) is 0.391. The van der Waals surface area contributed by atoms with Crippen LogP contribution in [0.5, 0.6) is 0 Å². The van der Waals surface area contributed by atoms with Crippen LogP contribution in [0, 0.1) is 0 Å². The number of aromatic nitrogens is 2. The van der Waals surface area contributed by atoms with Crippen molar-refractivity contribution < 1.29 is 9.90 Å². The molecule has 3 aromatic rings. The van der Waals surface area contributed by atoms with E-state index >= 15 is 0 Å². The van der Waals surface area contributed by atoms with E-state index in [0.717, 1.165) is 54.4 Å². The molecule has 182 valence electrons. The van der Waals surface area contributed by atoms with Gasteiger partial charge < -0.3 is 15.7 Å². The molecule has 1 saturated carbocycles. The molecular weight excluding hydrogens is 438 g/mol. The van der Waals surface area contributed by atoms with Crippen molar-refractivity contribution in [3.63, 3.8) is 0 Å². The molecule has 1 atom stereocenters. The standard InChI is InChI=1S/C28H33N5O2/c1-2-33-17-6-10-23(33)19-29-25-18-24(20-8-4-3-5-9-20)31-27(32-25)30-22-13-11-21(12-14-22)28(26(34)35)15-7-16-28/h3-5,8-9,11-14,18,23H,2,6-7,10,15-17,19H2,1H3,(H,34,35)(H2,29,30,31,32). The van der Waals surface area contributed by atoms with Crippen LogP contribution in [0.4, 0.5) is 17.5 Å². The van der Waals surface area contributed by atoms with Crippen molar-refractivity contribution in [3.05, 3.63) is 66.2 Å². The zero-order chi connectivity index (χ0) is 24.3. The van der Waals surface area contributed by atoms with E-state index in [1.165, 1.54) is 12.8 Å². The fourth-order valence-electron chi connectivity index (χ4n) is 5.27. The van der Waals surface area contributed by atoms with Crippen LogP contribution in [0.2, 0.25) is 0 Å². The van der Waals surface area contributed by atoms with Crippen molar-refractivity contribution in [1.82, 2.24) is 14.9 Å². The lowest BCUT2D eigenvalue weighted by atomic mass is 9.64. The number of rotatable bonds is 9. The third-order valence-electron chi connectivity index (χ3n) is 7.53. The molecule has 0 amide bonds. The largest absolute Gasteiger partial charge is 0.481 e. The maximum Gasteiger partial charge on any atom is 0.314 e. The summed E-state index contributed by atoms with van der Waals surface area (Å²) in [6, 6.07) is 20.3. The number of likely N-dealkylation sites (tertiary alicyclic amines) is 1. The van der Waals surface area contributed by atoms with Crippen molar-refractivity contribution in [1.29, 1.82) is 0 Å². The topological polar surface area (TPSA) is 90.4 Å². The lowest BCUT2D eigenvalue weighted by Crippen LogP contribution is -2.42. The van der Waals surface area contributed by atoms with Crippen LogP contribution in [-0.4, -0.2) is 51.6 Å². The second-order valence-electron chi connectivity index (χ2n) is 9.58. The highest BCUT2D eigenvalue weighted by Crippen LogP contribution is 2.44. The highest BCUT2D eigenvalue weighted by atomic mass is 16.4. The van der Waals surface area contributed by atoms with Gasteiger partial charge in [-0.25, -0.2) is 4.98 Å². The number of anilines is 3. The minimum absolute atomic E-state index is 0.511. The molecule has 2 fully saturated rings. The summed E-state index contributed by atoms with van der Waals surface area (Å²) in [5, 5.41) is 16.6. The lowest BCUT2D eigenvalue weighted by molar-refractivity contribution is -0.147. The smallest absolute Gasteiger partial charge is 0.314 e. The third-order valence-corrected chi connectivity index (χ3v) is 7.53. The van der Waals surface area contributed by atoms with Crippen LogP contribution >= 0.6 is 0 Å². The molecule has 1 aromatic heterocycles.